The SMILES string of the molecule is Cc1ccc(C(=O)Nc2ccc(Oc3cc(Br)cnc3CC=N)c(F)c2)c(=O)n1-c1ccc(F)cc1. The standard InChI is InChI=1S/C26H19BrF2N4O3/c1-15-2-8-20(26(35)33(15)19-6-3-17(28)4-7-19)25(34)32-18-5-9-23(21(29)13-18)36-24-12-16(27)14-31-22(24)10-11-30/h2-9,11-14,30H,10H2,1H3,(H,32,34). The van der Waals surface area contributed by atoms with Gasteiger partial charge in [-0.25, -0.2) is 8.78 Å². The molecule has 0 aliphatic carbocycles. The molecule has 1 amide bonds. The number of nitrogens with zero attached hydrogens (tertiary/aromatic N) is 2. The van der Waals surface area contributed by atoms with E-state index in [-0.39, 0.29) is 29.2 Å². The number of ether oxygens (including phenoxy) is 1. The smallest absolute Gasteiger partial charge is 0.268 e. The molecule has 0 aliphatic rings. The Morgan fingerprint density at radius 1 is 1.11 bits per heavy atom. The maximum Gasteiger partial charge on any atom is 0.268 e. The second-order valence-corrected chi connectivity index (χ2v) is 8.63. The molecule has 0 fully saturated rings. The third-order valence-corrected chi connectivity index (χ3v) is 5.64. The highest BCUT2D eigenvalue weighted by atomic mass is 79.9. The molecule has 2 heterocycles. The predicted octanol–water partition coefficient (Wildman–Crippen LogP) is 5.82. The maximum absolute atomic E-state index is 14.8. The van der Waals surface area contributed by atoms with Crippen LogP contribution in [0.25, 0.3) is 5.69 Å². The topological polar surface area (TPSA) is 97.1 Å². The first-order valence-electron chi connectivity index (χ1n) is 10.7. The molecule has 182 valence electrons. The van der Waals surface area contributed by atoms with E-state index in [1.54, 1.807) is 25.3 Å². The number of hydrogen-bond acceptors (Lipinski definition) is 5. The summed E-state index contributed by atoms with van der Waals surface area (Å²) in [5.41, 5.74) is 0.778. The van der Waals surface area contributed by atoms with Crippen molar-refractivity contribution in [3.63, 3.8) is 0 Å². The van der Waals surface area contributed by atoms with Crippen LogP contribution in [0.1, 0.15) is 21.7 Å². The number of anilines is 1. The number of benzene rings is 2. The van der Waals surface area contributed by atoms with Crippen LogP contribution in [0, 0.1) is 24.0 Å². The maximum atomic E-state index is 14.8. The van der Waals surface area contributed by atoms with Gasteiger partial charge in [-0.15, -0.1) is 0 Å². The van der Waals surface area contributed by atoms with Crippen LogP contribution >= 0.6 is 15.9 Å². The van der Waals surface area contributed by atoms with E-state index in [2.05, 4.69) is 26.2 Å². The van der Waals surface area contributed by atoms with Crippen LogP contribution in [0.3, 0.4) is 0 Å². The molecule has 4 rings (SSSR count). The van der Waals surface area contributed by atoms with Gasteiger partial charge in [-0.2, -0.15) is 0 Å². The second-order valence-electron chi connectivity index (χ2n) is 7.71. The van der Waals surface area contributed by atoms with E-state index in [4.69, 9.17) is 10.1 Å². The third-order valence-electron chi connectivity index (χ3n) is 5.21. The van der Waals surface area contributed by atoms with Gasteiger partial charge in [0.25, 0.3) is 11.5 Å². The number of carbonyl (C=O) groups is 1. The molecular weight excluding hydrogens is 534 g/mol. The minimum absolute atomic E-state index is 0.104. The largest absolute Gasteiger partial charge is 0.452 e. The summed E-state index contributed by atoms with van der Waals surface area (Å²) < 4.78 is 35.7. The molecule has 2 aromatic heterocycles. The summed E-state index contributed by atoms with van der Waals surface area (Å²) in [6.45, 7) is 1.69. The lowest BCUT2D eigenvalue weighted by Gasteiger charge is -2.13. The Bertz CT molecular complexity index is 1520. The summed E-state index contributed by atoms with van der Waals surface area (Å²) in [5, 5.41) is 9.81. The van der Waals surface area contributed by atoms with Crippen LogP contribution in [0.5, 0.6) is 11.5 Å². The number of amides is 1. The average molecular weight is 553 g/mol. The van der Waals surface area contributed by atoms with Crippen molar-refractivity contribution in [1.82, 2.24) is 9.55 Å². The van der Waals surface area contributed by atoms with E-state index in [0.29, 0.717) is 21.5 Å². The van der Waals surface area contributed by atoms with Gasteiger partial charge in [-0.05, 0) is 77.5 Å². The first-order chi connectivity index (χ1) is 17.3. The van der Waals surface area contributed by atoms with Crippen molar-refractivity contribution in [2.45, 2.75) is 13.3 Å². The highest BCUT2D eigenvalue weighted by Gasteiger charge is 2.17. The highest BCUT2D eigenvalue weighted by Crippen LogP contribution is 2.30. The zero-order valence-corrected chi connectivity index (χ0v) is 20.5. The molecule has 0 aliphatic heterocycles. The average Bonchev–Trinajstić information content (AvgIpc) is 2.84. The zero-order valence-electron chi connectivity index (χ0n) is 18.9. The second kappa shape index (κ2) is 10.6. The van der Waals surface area contributed by atoms with Crippen molar-refractivity contribution in [2.24, 2.45) is 0 Å². The van der Waals surface area contributed by atoms with E-state index in [9.17, 15) is 18.4 Å². The van der Waals surface area contributed by atoms with Crippen molar-refractivity contribution in [3.8, 4) is 17.2 Å². The Balaban J connectivity index is 1.57. The van der Waals surface area contributed by atoms with E-state index in [1.165, 1.54) is 47.0 Å². The predicted molar refractivity (Wildman–Crippen MR) is 136 cm³/mol. The first-order valence-corrected chi connectivity index (χ1v) is 11.5. The molecular formula is C26H19BrF2N4O3. The molecule has 7 nitrogen and oxygen atoms in total. The van der Waals surface area contributed by atoms with Gasteiger partial charge in [0.15, 0.2) is 17.3 Å². The molecule has 0 spiro atoms. The number of rotatable bonds is 7. The van der Waals surface area contributed by atoms with Crippen LogP contribution in [0.4, 0.5) is 14.5 Å². The Labute approximate surface area is 213 Å². The van der Waals surface area contributed by atoms with Crippen LogP contribution in [-0.4, -0.2) is 21.7 Å². The number of carbonyl (C=O) groups excluding carboxylic acids is 1. The van der Waals surface area contributed by atoms with Gasteiger partial charge in [-0.1, -0.05) is 0 Å². The van der Waals surface area contributed by atoms with Gasteiger partial charge >= 0.3 is 0 Å². The molecule has 0 radical (unpaired) electrons. The normalized spacial score (nSPS) is 10.7. The van der Waals surface area contributed by atoms with Crippen molar-refractivity contribution < 1.29 is 18.3 Å². The first kappa shape index (κ1) is 24.9. The molecule has 4 aromatic rings. The van der Waals surface area contributed by atoms with Gasteiger partial charge in [-0.3, -0.25) is 19.1 Å². The quantitative estimate of drug-likeness (QED) is 0.282. The number of aromatic nitrogens is 2. The van der Waals surface area contributed by atoms with Crippen molar-refractivity contribution in [1.29, 1.82) is 5.41 Å². The van der Waals surface area contributed by atoms with Gasteiger partial charge in [0.05, 0.1) is 5.69 Å². The van der Waals surface area contributed by atoms with Crippen molar-refractivity contribution in [3.05, 3.63) is 110 Å². The van der Waals surface area contributed by atoms with E-state index < -0.39 is 23.1 Å². The van der Waals surface area contributed by atoms with E-state index >= 15 is 0 Å². The molecule has 2 aromatic carbocycles. The molecule has 2 N–H and O–H groups in total. The fraction of sp³-hybridized carbons (Fsp3) is 0.0769. The molecule has 0 bridgehead atoms. The summed E-state index contributed by atoms with van der Waals surface area (Å²) in [6, 6.07) is 13.8. The number of halogens is 3. The monoisotopic (exact) mass is 552 g/mol. The molecule has 36 heavy (non-hydrogen) atoms. The Hall–Kier alpha value is -4.18. The van der Waals surface area contributed by atoms with Gasteiger partial charge in [0, 0.05) is 46.4 Å². The zero-order chi connectivity index (χ0) is 25.8. The molecule has 0 unspecified atom stereocenters. The van der Waals surface area contributed by atoms with E-state index in [0.717, 1.165) is 12.3 Å². The lowest BCUT2D eigenvalue weighted by atomic mass is 10.2. The fourth-order valence-electron chi connectivity index (χ4n) is 3.48. The number of nitrogens with one attached hydrogen (secondary N) is 2. The van der Waals surface area contributed by atoms with Crippen LogP contribution < -0.4 is 15.6 Å². The van der Waals surface area contributed by atoms with Gasteiger partial charge in [0.2, 0.25) is 0 Å². The van der Waals surface area contributed by atoms with Crippen LogP contribution in [0.15, 0.2) is 76.1 Å². The minimum Gasteiger partial charge on any atom is -0.452 e. The van der Waals surface area contributed by atoms with Crippen molar-refractivity contribution in [2.75, 3.05) is 5.32 Å². The minimum atomic E-state index is -0.749. The molecule has 0 saturated carbocycles. The number of aryl methyl sites for hydroxylation is 1. The summed E-state index contributed by atoms with van der Waals surface area (Å²) in [7, 11) is 0. The molecule has 0 atom stereocenters. The van der Waals surface area contributed by atoms with Crippen molar-refractivity contribution >= 4 is 33.7 Å². The highest BCUT2D eigenvalue weighted by molar-refractivity contribution is 9.10. The summed E-state index contributed by atoms with van der Waals surface area (Å²) in [4.78, 5) is 30.1. The Kier molecular flexibility index (Phi) is 7.35. The van der Waals surface area contributed by atoms with Crippen LogP contribution in [-0.2, 0) is 6.42 Å². The van der Waals surface area contributed by atoms with E-state index in [1.807, 2.05) is 0 Å². The number of hydrogen-bond donors (Lipinski definition) is 2. The summed E-state index contributed by atoms with van der Waals surface area (Å²) in [5.74, 6) is -1.75. The molecule has 10 heteroatoms. The third kappa shape index (κ3) is 5.38. The van der Waals surface area contributed by atoms with Gasteiger partial charge < -0.3 is 15.5 Å². The van der Waals surface area contributed by atoms with Crippen LogP contribution in [0.2, 0.25) is 0 Å². The lowest BCUT2D eigenvalue weighted by molar-refractivity contribution is 0.102. The number of pyridine rings is 2. The fourth-order valence-corrected chi connectivity index (χ4v) is 3.79. The lowest BCUT2D eigenvalue weighted by Crippen LogP contribution is -2.29. The summed E-state index contributed by atoms with van der Waals surface area (Å²) in [6.07, 6.45) is 2.92. The Morgan fingerprint density at radius 3 is 2.56 bits per heavy atom. The Morgan fingerprint density at radius 2 is 1.86 bits per heavy atom. The summed E-state index contributed by atoms with van der Waals surface area (Å²) >= 11 is 3.29. The molecule has 0 saturated heterocycles. The van der Waals surface area contributed by atoms with Gasteiger partial charge in [0.1, 0.15) is 11.4 Å².